The van der Waals surface area contributed by atoms with Gasteiger partial charge in [0.1, 0.15) is 5.82 Å². The van der Waals surface area contributed by atoms with Gasteiger partial charge in [-0.15, -0.1) is 11.6 Å². The zero-order valence-electron chi connectivity index (χ0n) is 9.04. The van der Waals surface area contributed by atoms with Crippen molar-refractivity contribution in [3.63, 3.8) is 0 Å². The lowest BCUT2D eigenvalue weighted by molar-refractivity contribution is 0.625. The van der Waals surface area contributed by atoms with Crippen LogP contribution in [0.15, 0.2) is 12.4 Å². The van der Waals surface area contributed by atoms with Crippen LogP contribution in [0.1, 0.15) is 38.9 Å². The lowest BCUT2D eigenvalue weighted by atomic mass is 10.1. The van der Waals surface area contributed by atoms with Gasteiger partial charge in [0, 0.05) is 30.7 Å². The molecule has 0 aliphatic rings. The summed E-state index contributed by atoms with van der Waals surface area (Å²) in [6.07, 6.45) is 8.24. The molecule has 14 heavy (non-hydrogen) atoms. The minimum absolute atomic E-state index is 0.333. The van der Waals surface area contributed by atoms with Gasteiger partial charge in [0.2, 0.25) is 0 Å². The fourth-order valence-electron chi connectivity index (χ4n) is 1.54. The van der Waals surface area contributed by atoms with Crippen LogP contribution in [-0.4, -0.2) is 14.9 Å². The smallest absolute Gasteiger partial charge is 0.108 e. The molecule has 1 rings (SSSR count). The predicted molar refractivity (Wildman–Crippen MR) is 60.8 cm³/mol. The molecular weight excluding hydrogens is 196 g/mol. The minimum atomic E-state index is 0.333. The van der Waals surface area contributed by atoms with Crippen LogP contribution in [-0.2, 0) is 13.0 Å². The van der Waals surface area contributed by atoms with Gasteiger partial charge in [-0.1, -0.05) is 6.92 Å². The summed E-state index contributed by atoms with van der Waals surface area (Å²) in [5.41, 5.74) is 0. The molecule has 2 nitrogen and oxygen atoms in total. The number of hydrogen-bond acceptors (Lipinski definition) is 1. The molecule has 0 amide bonds. The van der Waals surface area contributed by atoms with E-state index in [0.717, 1.165) is 32.2 Å². The van der Waals surface area contributed by atoms with Crippen molar-refractivity contribution in [3.05, 3.63) is 18.2 Å². The third kappa shape index (κ3) is 3.33. The molecule has 3 heteroatoms. The van der Waals surface area contributed by atoms with Crippen LogP contribution >= 0.6 is 11.6 Å². The number of alkyl halides is 1. The number of imidazole rings is 1. The molecule has 0 spiro atoms. The Kier molecular flexibility index (Phi) is 5.02. The summed E-state index contributed by atoms with van der Waals surface area (Å²) in [4.78, 5) is 4.33. The van der Waals surface area contributed by atoms with E-state index in [-0.39, 0.29) is 0 Å². The zero-order valence-corrected chi connectivity index (χ0v) is 9.80. The van der Waals surface area contributed by atoms with Crippen molar-refractivity contribution in [1.29, 1.82) is 0 Å². The van der Waals surface area contributed by atoms with Crippen molar-refractivity contribution in [2.75, 3.05) is 0 Å². The average Bonchev–Trinajstić information content (AvgIpc) is 2.65. The molecule has 1 aromatic heterocycles. The second kappa shape index (κ2) is 6.07. The van der Waals surface area contributed by atoms with E-state index in [0.29, 0.717) is 5.38 Å². The molecular formula is C11H19ClN2. The second-order valence-corrected chi connectivity index (χ2v) is 4.14. The molecule has 0 aliphatic heterocycles. The fraction of sp³-hybridized carbons (Fsp3) is 0.727. The van der Waals surface area contributed by atoms with Crippen molar-refractivity contribution in [2.24, 2.45) is 0 Å². The predicted octanol–water partition coefficient (Wildman–Crippen LogP) is 3.24. The summed E-state index contributed by atoms with van der Waals surface area (Å²) in [5.74, 6) is 1.19. The van der Waals surface area contributed by atoms with E-state index in [1.807, 2.05) is 12.4 Å². The number of aromatic nitrogens is 2. The number of aryl methyl sites for hydroxylation is 2. The molecule has 0 saturated heterocycles. The van der Waals surface area contributed by atoms with Crippen molar-refractivity contribution >= 4 is 11.6 Å². The maximum atomic E-state index is 6.05. The molecule has 80 valence electrons. The van der Waals surface area contributed by atoms with E-state index in [1.54, 1.807) is 0 Å². The van der Waals surface area contributed by atoms with Crippen LogP contribution in [0.2, 0.25) is 0 Å². The van der Waals surface area contributed by atoms with Crippen LogP contribution in [0.5, 0.6) is 0 Å². The number of rotatable bonds is 6. The first-order chi connectivity index (χ1) is 6.77. The SMILES string of the molecule is CCC(Cl)CCCc1nccn1CC. The highest BCUT2D eigenvalue weighted by molar-refractivity contribution is 6.20. The fourth-order valence-corrected chi connectivity index (χ4v) is 1.70. The van der Waals surface area contributed by atoms with Gasteiger partial charge < -0.3 is 4.57 Å². The second-order valence-electron chi connectivity index (χ2n) is 3.53. The van der Waals surface area contributed by atoms with Gasteiger partial charge in [-0.2, -0.15) is 0 Å². The molecule has 0 fully saturated rings. The van der Waals surface area contributed by atoms with Gasteiger partial charge in [-0.3, -0.25) is 0 Å². The summed E-state index contributed by atoms with van der Waals surface area (Å²) in [7, 11) is 0. The Morgan fingerprint density at radius 2 is 2.29 bits per heavy atom. The molecule has 0 radical (unpaired) electrons. The van der Waals surface area contributed by atoms with Gasteiger partial charge in [0.25, 0.3) is 0 Å². The first-order valence-electron chi connectivity index (χ1n) is 5.42. The Labute approximate surface area is 91.3 Å². The van der Waals surface area contributed by atoms with Crippen molar-refractivity contribution < 1.29 is 0 Å². The van der Waals surface area contributed by atoms with Crippen LogP contribution < -0.4 is 0 Å². The van der Waals surface area contributed by atoms with Crippen LogP contribution in [0.25, 0.3) is 0 Å². The highest BCUT2D eigenvalue weighted by Crippen LogP contribution is 2.11. The monoisotopic (exact) mass is 214 g/mol. The largest absolute Gasteiger partial charge is 0.335 e. The lowest BCUT2D eigenvalue weighted by Gasteiger charge is -2.06. The van der Waals surface area contributed by atoms with E-state index in [1.165, 1.54) is 5.82 Å². The van der Waals surface area contributed by atoms with Crippen LogP contribution in [0.3, 0.4) is 0 Å². The summed E-state index contributed by atoms with van der Waals surface area (Å²) in [6.45, 7) is 5.28. The summed E-state index contributed by atoms with van der Waals surface area (Å²) in [6, 6.07) is 0. The maximum Gasteiger partial charge on any atom is 0.108 e. The van der Waals surface area contributed by atoms with Gasteiger partial charge in [0.15, 0.2) is 0 Å². The zero-order chi connectivity index (χ0) is 10.4. The molecule has 0 saturated carbocycles. The van der Waals surface area contributed by atoms with Crippen LogP contribution in [0, 0.1) is 0 Å². The number of nitrogens with zero attached hydrogens (tertiary/aromatic N) is 2. The standard InChI is InChI=1S/C11H19ClN2/c1-3-10(12)6-5-7-11-13-8-9-14(11)4-2/h8-10H,3-7H2,1-2H3. The minimum Gasteiger partial charge on any atom is -0.335 e. The first-order valence-corrected chi connectivity index (χ1v) is 5.85. The van der Waals surface area contributed by atoms with Crippen LogP contribution in [0.4, 0.5) is 0 Å². The van der Waals surface area contributed by atoms with E-state index in [4.69, 9.17) is 11.6 Å². The first kappa shape index (κ1) is 11.6. The average molecular weight is 215 g/mol. The Bertz CT molecular complexity index is 258. The highest BCUT2D eigenvalue weighted by atomic mass is 35.5. The molecule has 0 bridgehead atoms. The Hall–Kier alpha value is -0.500. The van der Waals surface area contributed by atoms with E-state index < -0.39 is 0 Å². The number of halogens is 1. The lowest BCUT2D eigenvalue weighted by Crippen LogP contribution is -2.03. The number of hydrogen-bond donors (Lipinski definition) is 0. The van der Waals surface area contributed by atoms with Crippen molar-refractivity contribution in [2.45, 2.75) is 51.5 Å². The molecule has 1 atom stereocenters. The Morgan fingerprint density at radius 3 is 2.93 bits per heavy atom. The summed E-state index contributed by atoms with van der Waals surface area (Å²) < 4.78 is 2.19. The molecule has 0 N–H and O–H groups in total. The molecule has 0 aliphatic carbocycles. The van der Waals surface area contributed by atoms with Gasteiger partial charge in [-0.05, 0) is 26.2 Å². The third-order valence-electron chi connectivity index (χ3n) is 2.50. The maximum absolute atomic E-state index is 6.05. The van der Waals surface area contributed by atoms with Crippen molar-refractivity contribution in [3.8, 4) is 0 Å². The normalized spacial score (nSPS) is 13.1. The Morgan fingerprint density at radius 1 is 1.50 bits per heavy atom. The molecule has 1 heterocycles. The van der Waals surface area contributed by atoms with E-state index in [2.05, 4.69) is 23.4 Å². The van der Waals surface area contributed by atoms with Crippen molar-refractivity contribution in [1.82, 2.24) is 9.55 Å². The Balaban J connectivity index is 2.31. The van der Waals surface area contributed by atoms with E-state index in [9.17, 15) is 0 Å². The quantitative estimate of drug-likeness (QED) is 0.665. The third-order valence-corrected chi connectivity index (χ3v) is 3.03. The van der Waals surface area contributed by atoms with Gasteiger partial charge in [0.05, 0.1) is 0 Å². The summed E-state index contributed by atoms with van der Waals surface area (Å²) >= 11 is 6.05. The highest BCUT2D eigenvalue weighted by Gasteiger charge is 2.04. The molecule has 1 aromatic rings. The molecule has 1 unspecified atom stereocenters. The molecule has 0 aromatic carbocycles. The van der Waals surface area contributed by atoms with E-state index >= 15 is 0 Å². The summed E-state index contributed by atoms with van der Waals surface area (Å²) in [5, 5.41) is 0.333. The topological polar surface area (TPSA) is 17.8 Å². The van der Waals surface area contributed by atoms with Gasteiger partial charge in [-0.25, -0.2) is 4.98 Å². The van der Waals surface area contributed by atoms with Gasteiger partial charge >= 0.3 is 0 Å².